The van der Waals surface area contributed by atoms with Crippen LogP contribution in [0.15, 0.2) is 58.1 Å². The van der Waals surface area contributed by atoms with Crippen molar-refractivity contribution < 1.29 is 4.39 Å². The van der Waals surface area contributed by atoms with E-state index in [4.69, 9.17) is 11.6 Å². The van der Waals surface area contributed by atoms with Crippen molar-refractivity contribution in [1.29, 1.82) is 0 Å². The van der Waals surface area contributed by atoms with Crippen molar-refractivity contribution in [3.8, 4) is 0 Å². The molecule has 4 rings (SSSR count). The lowest BCUT2D eigenvalue weighted by Gasteiger charge is -2.09. The molecular formula is C21H19ClFN5O2. The van der Waals surface area contributed by atoms with Crippen molar-refractivity contribution in [1.82, 2.24) is 18.7 Å². The van der Waals surface area contributed by atoms with E-state index in [-0.39, 0.29) is 12.4 Å². The van der Waals surface area contributed by atoms with Gasteiger partial charge in [-0.2, -0.15) is 4.98 Å². The number of imidazole rings is 1. The highest BCUT2D eigenvalue weighted by Gasteiger charge is 2.18. The Labute approximate surface area is 176 Å². The number of aryl methyl sites for hydroxylation is 2. The highest BCUT2D eigenvalue weighted by atomic mass is 35.5. The largest absolute Gasteiger partial charge is 0.352 e. The number of aromatic nitrogens is 4. The van der Waals surface area contributed by atoms with E-state index in [1.807, 2.05) is 12.1 Å². The second kappa shape index (κ2) is 7.79. The number of nitrogens with zero attached hydrogens (tertiary/aromatic N) is 4. The number of rotatable bonds is 5. The van der Waals surface area contributed by atoms with Gasteiger partial charge in [-0.15, -0.1) is 0 Å². The van der Waals surface area contributed by atoms with Gasteiger partial charge in [0.15, 0.2) is 11.2 Å². The number of benzene rings is 2. The van der Waals surface area contributed by atoms with E-state index in [1.165, 1.54) is 16.7 Å². The van der Waals surface area contributed by atoms with Crippen molar-refractivity contribution in [2.75, 3.05) is 5.32 Å². The van der Waals surface area contributed by atoms with Crippen molar-refractivity contribution in [3.63, 3.8) is 0 Å². The molecule has 2 aromatic carbocycles. The molecule has 0 fully saturated rings. The molecule has 7 nitrogen and oxygen atoms in total. The topological polar surface area (TPSA) is 73.8 Å². The Kier molecular flexibility index (Phi) is 5.17. The number of anilines is 1. The molecule has 0 radical (unpaired) electrons. The van der Waals surface area contributed by atoms with E-state index < -0.39 is 11.2 Å². The summed E-state index contributed by atoms with van der Waals surface area (Å²) in [7, 11) is 3.29. The fraction of sp³-hybridized carbons (Fsp3) is 0.190. The SMILES string of the molecule is Cn1c(NCc2ccc(Cl)cc2)nc2c1c(=O)n(Cc1ccc(F)cc1)c(=O)n2C. The average molecular weight is 428 g/mol. The third-order valence-electron chi connectivity index (χ3n) is 4.98. The molecule has 0 spiro atoms. The lowest BCUT2D eigenvalue weighted by Crippen LogP contribution is -2.39. The van der Waals surface area contributed by atoms with Gasteiger partial charge in [-0.1, -0.05) is 35.9 Å². The third kappa shape index (κ3) is 3.61. The predicted octanol–water partition coefficient (Wildman–Crippen LogP) is 2.89. The van der Waals surface area contributed by atoms with Gasteiger partial charge in [-0.25, -0.2) is 9.18 Å². The Morgan fingerprint density at radius 2 is 1.60 bits per heavy atom. The number of nitrogens with one attached hydrogen (secondary N) is 1. The maximum absolute atomic E-state index is 13.2. The zero-order valence-electron chi connectivity index (χ0n) is 16.4. The fourth-order valence-electron chi connectivity index (χ4n) is 3.30. The van der Waals surface area contributed by atoms with E-state index in [0.717, 1.165) is 10.1 Å². The molecule has 0 atom stereocenters. The second-order valence-corrected chi connectivity index (χ2v) is 7.44. The summed E-state index contributed by atoms with van der Waals surface area (Å²) in [4.78, 5) is 30.3. The second-order valence-electron chi connectivity index (χ2n) is 7.01. The lowest BCUT2D eigenvalue weighted by molar-refractivity contribution is 0.623. The molecule has 0 saturated carbocycles. The first-order valence-electron chi connectivity index (χ1n) is 9.24. The highest BCUT2D eigenvalue weighted by Crippen LogP contribution is 2.16. The van der Waals surface area contributed by atoms with Gasteiger partial charge in [0.1, 0.15) is 5.82 Å². The molecule has 2 heterocycles. The summed E-state index contributed by atoms with van der Waals surface area (Å²) >= 11 is 5.91. The first-order chi connectivity index (χ1) is 14.3. The summed E-state index contributed by atoms with van der Waals surface area (Å²) in [5.74, 6) is 0.0871. The molecule has 0 aliphatic rings. The van der Waals surface area contributed by atoms with Crippen LogP contribution in [0.3, 0.4) is 0 Å². The molecule has 0 amide bonds. The Bertz CT molecular complexity index is 1340. The minimum absolute atomic E-state index is 0.0421. The molecular weight excluding hydrogens is 409 g/mol. The van der Waals surface area contributed by atoms with Crippen LogP contribution in [-0.2, 0) is 27.2 Å². The van der Waals surface area contributed by atoms with Crippen molar-refractivity contribution in [3.05, 3.63) is 91.3 Å². The number of hydrogen-bond donors (Lipinski definition) is 1. The Morgan fingerprint density at radius 1 is 0.967 bits per heavy atom. The average Bonchev–Trinajstić information content (AvgIpc) is 3.07. The standard InChI is InChI=1S/C21H19ClFN5O2/c1-26-17-18(25-20(26)24-11-13-3-7-15(22)8-4-13)27(2)21(30)28(19(17)29)12-14-5-9-16(23)10-6-14/h3-10H,11-12H2,1-2H3,(H,24,25). The van der Waals surface area contributed by atoms with E-state index in [0.29, 0.717) is 34.2 Å². The molecule has 0 saturated heterocycles. The van der Waals surface area contributed by atoms with Gasteiger partial charge in [0.2, 0.25) is 5.95 Å². The molecule has 154 valence electrons. The van der Waals surface area contributed by atoms with Crippen molar-refractivity contribution in [2.24, 2.45) is 14.1 Å². The summed E-state index contributed by atoms with van der Waals surface area (Å²) in [5.41, 5.74) is 1.30. The summed E-state index contributed by atoms with van der Waals surface area (Å²) in [6.45, 7) is 0.520. The molecule has 4 aromatic rings. The summed E-state index contributed by atoms with van der Waals surface area (Å²) < 4.78 is 17.3. The van der Waals surface area contributed by atoms with Crippen LogP contribution in [0.2, 0.25) is 5.02 Å². The van der Waals surface area contributed by atoms with E-state index in [9.17, 15) is 14.0 Å². The van der Waals surface area contributed by atoms with E-state index in [2.05, 4.69) is 10.3 Å². The highest BCUT2D eigenvalue weighted by molar-refractivity contribution is 6.30. The molecule has 1 N–H and O–H groups in total. The van der Waals surface area contributed by atoms with Crippen molar-refractivity contribution >= 4 is 28.7 Å². The van der Waals surface area contributed by atoms with Gasteiger partial charge >= 0.3 is 5.69 Å². The van der Waals surface area contributed by atoms with Gasteiger partial charge in [0, 0.05) is 25.7 Å². The third-order valence-corrected chi connectivity index (χ3v) is 5.23. The van der Waals surface area contributed by atoms with Crippen LogP contribution >= 0.6 is 11.6 Å². The Balaban J connectivity index is 1.73. The molecule has 0 bridgehead atoms. The van der Waals surface area contributed by atoms with Crippen LogP contribution < -0.4 is 16.6 Å². The van der Waals surface area contributed by atoms with Gasteiger partial charge in [0.25, 0.3) is 5.56 Å². The maximum atomic E-state index is 13.2. The molecule has 2 aromatic heterocycles. The quantitative estimate of drug-likeness (QED) is 0.531. The van der Waals surface area contributed by atoms with Crippen LogP contribution in [-0.4, -0.2) is 18.7 Å². The zero-order valence-corrected chi connectivity index (χ0v) is 17.2. The number of hydrogen-bond acceptors (Lipinski definition) is 4. The fourth-order valence-corrected chi connectivity index (χ4v) is 3.42. The Morgan fingerprint density at radius 3 is 2.27 bits per heavy atom. The number of halogens is 2. The van der Waals surface area contributed by atoms with Crippen LogP contribution in [0.5, 0.6) is 0 Å². The van der Waals surface area contributed by atoms with Crippen molar-refractivity contribution in [2.45, 2.75) is 13.1 Å². The predicted molar refractivity (Wildman–Crippen MR) is 114 cm³/mol. The lowest BCUT2D eigenvalue weighted by atomic mass is 10.2. The summed E-state index contributed by atoms with van der Waals surface area (Å²) in [6.07, 6.45) is 0. The molecule has 0 aliphatic carbocycles. The van der Waals surface area contributed by atoms with Gasteiger partial charge in [0.05, 0.1) is 6.54 Å². The van der Waals surface area contributed by atoms with Gasteiger partial charge in [-0.05, 0) is 35.4 Å². The normalized spacial score (nSPS) is 11.2. The first-order valence-corrected chi connectivity index (χ1v) is 9.62. The molecule has 0 unspecified atom stereocenters. The minimum atomic E-state index is -0.487. The summed E-state index contributed by atoms with van der Waals surface area (Å²) in [5, 5.41) is 3.84. The smallest absolute Gasteiger partial charge is 0.332 e. The zero-order chi connectivity index (χ0) is 21.4. The maximum Gasteiger partial charge on any atom is 0.332 e. The number of fused-ring (bicyclic) bond motifs is 1. The van der Waals surface area contributed by atoms with Crippen LogP contribution in [0.25, 0.3) is 11.2 Å². The Hall–Kier alpha value is -3.39. The molecule has 0 aliphatic heterocycles. The summed E-state index contributed by atoms with van der Waals surface area (Å²) in [6, 6.07) is 13.1. The van der Waals surface area contributed by atoms with Crippen LogP contribution in [0.1, 0.15) is 11.1 Å². The van der Waals surface area contributed by atoms with E-state index in [1.54, 1.807) is 42.9 Å². The minimum Gasteiger partial charge on any atom is -0.352 e. The van der Waals surface area contributed by atoms with E-state index >= 15 is 0 Å². The molecule has 30 heavy (non-hydrogen) atoms. The monoisotopic (exact) mass is 427 g/mol. The van der Waals surface area contributed by atoms with Gasteiger partial charge in [-0.3, -0.25) is 13.9 Å². The first kappa shape index (κ1) is 19.9. The van der Waals surface area contributed by atoms with Crippen LogP contribution in [0, 0.1) is 5.82 Å². The molecule has 9 heteroatoms. The van der Waals surface area contributed by atoms with Gasteiger partial charge < -0.3 is 9.88 Å². The van der Waals surface area contributed by atoms with Crippen LogP contribution in [0.4, 0.5) is 10.3 Å².